The van der Waals surface area contributed by atoms with Crippen molar-refractivity contribution in [1.29, 1.82) is 0 Å². The lowest BCUT2D eigenvalue weighted by molar-refractivity contribution is -0.141. The molecule has 12 nitrogen and oxygen atoms in total. The number of hydrogen-bond acceptors (Lipinski definition) is 8. The fourth-order valence-electron chi connectivity index (χ4n) is 5.14. The highest BCUT2D eigenvalue weighted by molar-refractivity contribution is 6.31. The standard InChI is InChI=1S/C28H26ClFN6O6/c1-41-26(39)33-21-11-10-19(34-35-21)24(37)31-20(14-16-6-3-2-4-7-16)25(38)36-13-5-12-28(15-36)22-18(32-27(40)42-28)9-8-17(29)23(22)30/h2-4,6-11,20H,5,12-15H2,1H3,(H,31,37)(H,32,40)(H,33,35,39)/t20-,28-/m0/s1. The van der Waals surface area contributed by atoms with Gasteiger partial charge in [-0.25, -0.2) is 14.0 Å². The van der Waals surface area contributed by atoms with Crippen LogP contribution in [0.2, 0.25) is 5.02 Å². The van der Waals surface area contributed by atoms with E-state index in [0.717, 1.165) is 5.56 Å². The van der Waals surface area contributed by atoms with Crippen LogP contribution >= 0.6 is 11.6 Å². The number of benzene rings is 2. The van der Waals surface area contributed by atoms with Crippen molar-refractivity contribution in [3.63, 3.8) is 0 Å². The molecule has 3 aromatic rings. The molecule has 2 aromatic carbocycles. The van der Waals surface area contributed by atoms with Gasteiger partial charge < -0.3 is 19.7 Å². The number of carbonyl (C=O) groups is 4. The summed E-state index contributed by atoms with van der Waals surface area (Å²) in [6.07, 6.45) is -0.708. The Hall–Kier alpha value is -4.78. The van der Waals surface area contributed by atoms with Gasteiger partial charge in [-0.2, -0.15) is 0 Å². The minimum absolute atomic E-state index is 0.0677. The van der Waals surface area contributed by atoms with Crippen LogP contribution < -0.4 is 16.0 Å². The lowest BCUT2D eigenvalue weighted by Crippen LogP contribution is -2.58. The van der Waals surface area contributed by atoms with Crippen LogP contribution in [0.5, 0.6) is 0 Å². The molecule has 1 fully saturated rings. The first-order valence-corrected chi connectivity index (χ1v) is 13.4. The third-order valence-electron chi connectivity index (χ3n) is 7.04. The summed E-state index contributed by atoms with van der Waals surface area (Å²) in [6.45, 7) is 0.149. The number of fused-ring (bicyclic) bond motifs is 2. The van der Waals surface area contributed by atoms with Crippen LogP contribution in [0.15, 0.2) is 54.6 Å². The van der Waals surface area contributed by atoms with E-state index < -0.39 is 41.5 Å². The molecule has 0 saturated carbocycles. The largest absolute Gasteiger partial charge is 0.453 e. The Morgan fingerprint density at radius 3 is 2.67 bits per heavy atom. The highest BCUT2D eigenvalue weighted by Gasteiger charge is 2.49. The number of aromatic nitrogens is 2. The molecular weight excluding hydrogens is 571 g/mol. The van der Waals surface area contributed by atoms with Crippen molar-refractivity contribution in [2.75, 3.05) is 30.8 Å². The Kier molecular flexibility index (Phi) is 8.20. The van der Waals surface area contributed by atoms with Crippen LogP contribution in [-0.4, -0.2) is 65.3 Å². The Morgan fingerprint density at radius 2 is 1.95 bits per heavy atom. The SMILES string of the molecule is COC(=O)Nc1ccc(C(=O)N[C@@H](Cc2ccccc2)C(=O)N2CCC[C@@]3(C2)OC(=O)Nc2ccc(Cl)c(F)c23)nn1. The third kappa shape index (κ3) is 5.96. The molecular formula is C28H26ClFN6O6. The summed E-state index contributed by atoms with van der Waals surface area (Å²) in [6, 6.07) is 13.6. The van der Waals surface area contributed by atoms with Crippen molar-refractivity contribution in [1.82, 2.24) is 20.4 Å². The number of likely N-dealkylation sites (tertiary alicyclic amines) is 1. The molecule has 2 aliphatic heterocycles. The summed E-state index contributed by atoms with van der Waals surface area (Å²) in [7, 11) is 1.19. The van der Waals surface area contributed by atoms with E-state index in [0.29, 0.717) is 6.42 Å². The highest BCUT2D eigenvalue weighted by atomic mass is 35.5. The third-order valence-corrected chi connectivity index (χ3v) is 7.33. The zero-order valence-electron chi connectivity index (χ0n) is 22.4. The number of methoxy groups -OCH3 is 1. The minimum Gasteiger partial charge on any atom is -0.453 e. The van der Waals surface area contributed by atoms with Gasteiger partial charge in [-0.05, 0) is 42.7 Å². The molecule has 2 atom stereocenters. The molecule has 0 unspecified atom stereocenters. The highest BCUT2D eigenvalue weighted by Crippen LogP contribution is 2.45. The number of nitrogens with zero attached hydrogens (tertiary/aromatic N) is 3. The number of amides is 4. The summed E-state index contributed by atoms with van der Waals surface area (Å²) in [5.41, 5.74) is -0.477. The quantitative estimate of drug-likeness (QED) is 0.388. The second kappa shape index (κ2) is 12.0. The van der Waals surface area contributed by atoms with Gasteiger partial charge in [0.25, 0.3) is 5.91 Å². The number of hydrogen-bond donors (Lipinski definition) is 3. The first-order valence-electron chi connectivity index (χ1n) is 13.0. The van der Waals surface area contributed by atoms with E-state index in [1.807, 2.05) is 30.3 Å². The van der Waals surface area contributed by atoms with Gasteiger partial charge in [-0.3, -0.25) is 20.2 Å². The average molecular weight is 597 g/mol. The van der Waals surface area contributed by atoms with Gasteiger partial charge in [0.2, 0.25) is 5.91 Å². The molecule has 42 heavy (non-hydrogen) atoms. The lowest BCUT2D eigenvalue weighted by Gasteiger charge is -2.45. The van der Waals surface area contributed by atoms with Gasteiger partial charge in [-0.15, -0.1) is 10.2 Å². The van der Waals surface area contributed by atoms with Crippen LogP contribution in [0, 0.1) is 5.82 Å². The average Bonchev–Trinajstić information content (AvgIpc) is 2.99. The number of ether oxygens (including phenoxy) is 2. The maximum absolute atomic E-state index is 15.3. The maximum Gasteiger partial charge on any atom is 0.412 e. The molecule has 5 rings (SSSR count). The van der Waals surface area contributed by atoms with Crippen molar-refractivity contribution in [2.24, 2.45) is 0 Å². The first kappa shape index (κ1) is 28.7. The number of anilines is 2. The van der Waals surface area contributed by atoms with Gasteiger partial charge in [0.15, 0.2) is 22.9 Å². The van der Waals surface area contributed by atoms with E-state index in [4.69, 9.17) is 16.3 Å². The molecule has 1 saturated heterocycles. The number of nitrogens with one attached hydrogen (secondary N) is 3. The zero-order valence-corrected chi connectivity index (χ0v) is 23.1. The molecule has 14 heteroatoms. The second-order valence-electron chi connectivity index (χ2n) is 9.79. The van der Waals surface area contributed by atoms with Gasteiger partial charge >= 0.3 is 12.2 Å². The number of rotatable bonds is 6. The molecule has 1 spiro atoms. The molecule has 218 valence electrons. The molecule has 0 aliphatic carbocycles. The fourth-order valence-corrected chi connectivity index (χ4v) is 5.30. The van der Waals surface area contributed by atoms with Crippen LogP contribution in [0.3, 0.4) is 0 Å². The Balaban J connectivity index is 1.40. The molecule has 0 radical (unpaired) electrons. The number of carbonyl (C=O) groups excluding carboxylic acids is 4. The molecule has 3 N–H and O–H groups in total. The maximum atomic E-state index is 15.3. The zero-order chi connectivity index (χ0) is 29.9. The molecule has 2 aliphatic rings. The predicted molar refractivity (Wildman–Crippen MR) is 148 cm³/mol. The van der Waals surface area contributed by atoms with Crippen LogP contribution in [-0.2, 0) is 26.3 Å². The van der Waals surface area contributed by atoms with E-state index in [9.17, 15) is 19.2 Å². The monoisotopic (exact) mass is 596 g/mol. The molecule has 0 bridgehead atoms. The van der Waals surface area contributed by atoms with Crippen LogP contribution in [0.25, 0.3) is 0 Å². The summed E-state index contributed by atoms with van der Waals surface area (Å²) in [4.78, 5) is 52.5. The normalized spacial score (nSPS) is 18.3. The summed E-state index contributed by atoms with van der Waals surface area (Å²) in [5.74, 6) is -1.80. The predicted octanol–water partition coefficient (Wildman–Crippen LogP) is 3.87. The molecule has 1 aromatic heterocycles. The van der Waals surface area contributed by atoms with Crippen molar-refractivity contribution < 1.29 is 33.0 Å². The van der Waals surface area contributed by atoms with Crippen molar-refractivity contribution in [3.05, 3.63) is 82.3 Å². The first-order chi connectivity index (χ1) is 20.2. The molecule has 3 heterocycles. The van der Waals surface area contributed by atoms with Gasteiger partial charge in [0, 0.05) is 13.0 Å². The Bertz CT molecular complexity index is 1530. The topological polar surface area (TPSA) is 152 Å². The Morgan fingerprint density at radius 1 is 1.17 bits per heavy atom. The van der Waals surface area contributed by atoms with E-state index in [1.54, 1.807) is 0 Å². The molecule has 4 amide bonds. The Labute approximate surface area is 244 Å². The summed E-state index contributed by atoms with van der Waals surface area (Å²) in [5, 5.41) is 15.1. The van der Waals surface area contributed by atoms with E-state index in [2.05, 4.69) is 30.9 Å². The van der Waals surface area contributed by atoms with E-state index >= 15 is 4.39 Å². The van der Waals surface area contributed by atoms with E-state index in [1.165, 1.54) is 36.3 Å². The fraction of sp³-hybridized carbons (Fsp3) is 0.286. The van der Waals surface area contributed by atoms with Crippen molar-refractivity contribution in [3.8, 4) is 0 Å². The van der Waals surface area contributed by atoms with Gasteiger partial charge in [0.1, 0.15) is 6.04 Å². The number of piperidine rings is 1. The summed E-state index contributed by atoms with van der Waals surface area (Å²) >= 11 is 6.07. The van der Waals surface area contributed by atoms with E-state index in [-0.39, 0.29) is 53.7 Å². The van der Waals surface area contributed by atoms with Crippen LogP contribution in [0.1, 0.15) is 34.5 Å². The second-order valence-corrected chi connectivity index (χ2v) is 10.2. The smallest absolute Gasteiger partial charge is 0.412 e. The van der Waals surface area contributed by atoms with Gasteiger partial charge in [-0.1, -0.05) is 41.9 Å². The van der Waals surface area contributed by atoms with Crippen molar-refractivity contribution in [2.45, 2.75) is 30.9 Å². The minimum atomic E-state index is -1.46. The number of halogens is 2. The summed E-state index contributed by atoms with van der Waals surface area (Å²) < 4.78 is 25.5. The van der Waals surface area contributed by atoms with Gasteiger partial charge in [0.05, 0.1) is 29.9 Å². The van der Waals surface area contributed by atoms with Crippen molar-refractivity contribution >= 4 is 47.1 Å². The lowest BCUT2D eigenvalue weighted by atomic mass is 9.82. The van der Waals surface area contributed by atoms with Crippen LogP contribution in [0.4, 0.5) is 25.5 Å².